The Bertz CT molecular complexity index is 321. The van der Waals surface area contributed by atoms with Gasteiger partial charge in [0.05, 0.1) is 10.1 Å². The van der Waals surface area contributed by atoms with E-state index in [0.717, 1.165) is 19.3 Å². The second-order valence-corrected chi connectivity index (χ2v) is 8.28. The van der Waals surface area contributed by atoms with Crippen LogP contribution in [0.3, 0.4) is 0 Å². The molecule has 0 aromatic rings. The molecule has 0 aliphatic rings. The molecule has 0 radical (unpaired) electrons. The molecule has 22 heavy (non-hydrogen) atoms. The van der Waals surface area contributed by atoms with Crippen LogP contribution in [-0.4, -0.2) is 24.0 Å². The summed E-state index contributed by atoms with van der Waals surface area (Å²) in [6.07, 6.45) is 15.0. The second-order valence-electron chi connectivity index (χ2n) is 6.03. The molecule has 0 saturated heterocycles. The van der Waals surface area contributed by atoms with E-state index in [1.54, 1.807) is 0 Å². The van der Waals surface area contributed by atoms with Gasteiger partial charge < -0.3 is 4.55 Å². The van der Waals surface area contributed by atoms with Gasteiger partial charge in [-0.25, -0.2) is 8.42 Å². The number of rotatable bonds is 15. The summed E-state index contributed by atoms with van der Waals surface area (Å²) < 4.78 is 31.3. The van der Waals surface area contributed by atoms with Crippen LogP contribution in [0, 0.1) is 0 Å². The van der Waals surface area contributed by atoms with E-state index in [1.165, 1.54) is 57.8 Å². The molecule has 0 aliphatic heterocycles. The Morgan fingerprint density at radius 2 is 1.23 bits per heavy atom. The van der Waals surface area contributed by atoms with Crippen LogP contribution in [0.2, 0.25) is 0 Å². The summed E-state index contributed by atoms with van der Waals surface area (Å²) in [5, 5.41) is 0.559. The van der Waals surface area contributed by atoms with Gasteiger partial charge in [-0.05, 0) is 19.3 Å². The van der Waals surface area contributed by atoms with E-state index in [9.17, 15) is 13.0 Å². The van der Waals surface area contributed by atoms with E-state index in [-0.39, 0.29) is 35.3 Å². The number of hydrogen-bond donors (Lipinski definition) is 1. The van der Waals surface area contributed by atoms with Crippen molar-refractivity contribution in [2.75, 3.05) is 5.75 Å². The van der Waals surface area contributed by atoms with Gasteiger partial charge in [0.25, 0.3) is 0 Å². The molecular weight excluding hydrogens is 327 g/mol. The topological polar surface area (TPSA) is 57.2 Å². The number of thiol groups is 1. The van der Waals surface area contributed by atoms with Gasteiger partial charge in [0.2, 0.25) is 0 Å². The maximum absolute atomic E-state index is 10.4. The molecule has 128 valence electrons. The van der Waals surface area contributed by atoms with E-state index < -0.39 is 10.1 Å². The van der Waals surface area contributed by atoms with E-state index in [1.807, 2.05) is 0 Å². The van der Waals surface area contributed by atoms with Gasteiger partial charge >= 0.3 is 29.6 Å². The van der Waals surface area contributed by atoms with Crippen LogP contribution in [0.4, 0.5) is 0 Å². The van der Waals surface area contributed by atoms with Crippen molar-refractivity contribution in [3.8, 4) is 0 Å². The summed E-state index contributed by atoms with van der Waals surface area (Å²) in [4.78, 5) is 0. The summed E-state index contributed by atoms with van der Waals surface area (Å²) >= 11 is 4.64. The fourth-order valence-corrected chi connectivity index (χ4v) is 3.42. The van der Waals surface area contributed by atoms with Crippen LogP contribution in [0.5, 0.6) is 0 Å². The number of unbranched alkanes of at least 4 members (excludes halogenated alkanes) is 9. The maximum atomic E-state index is 10.4. The van der Waals surface area contributed by atoms with Crippen molar-refractivity contribution in [1.29, 1.82) is 0 Å². The van der Waals surface area contributed by atoms with Crippen molar-refractivity contribution < 1.29 is 42.5 Å². The van der Waals surface area contributed by atoms with E-state index >= 15 is 0 Å². The SMILES string of the molecule is CCCCCCC(S)CCCCCCCCCS(=O)(=O)[O-].[Na+]. The third-order valence-corrected chi connectivity index (χ3v) is 5.13. The first-order valence-electron chi connectivity index (χ1n) is 8.57. The standard InChI is InChI=1S/C16H34O3S2.Na/c1-2-3-4-10-13-16(20)14-11-8-6-5-7-9-12-15-21(17,18)19;/h16,20H,2-15H2,1H3,(H,17,18,19);/q;+1/p-1. The normalized spacial score (nSPS) is 12.9. The fraction of sp³-hybridized carbons (Fsp3) is 1.00. The van der Waals surface area contributed by atoms with Gasteiger partial charge in [0, 0.05) is 11.0 Å². The first-order valence-corrected chi connectivity index (χ1v) is 10.7. The van der Waals surface area contributed by atoms with Crippen molar-refractivity contribution in [2.24, 2.45) is 0 Å². The van der Waals surface area contributed by atoms with Crippen molar-refractivity contribution in [2.45, 2.75) is 95.6 Å². The number of hydrogen-bond acceptors (Lipinski definition) is 4. The quantitative estimate of drug-likeness (QED) is 0.210. The van der Waals surface area contributed by atoms with Gasteiger partial charge in [-0.2, -0.15) is 12.6 Å². The van der Waals surface area contributed by atoms with Crippen molar-refractivity contribution >= 4 is 22.7 Å². The van der Waals surface area contributed by atoms with Gasteiger partial charge in [0.1, 0.15) is 0 Å². The molecule has 0 N–H and O–H groups in total. The summed E-state index contributed by atoms with van der Waals surface area (Å²) in [7, 11) is -4.01. The molecule has 0 aromatic heterocycles. The zero-order valence-corrected chi connectivity index (χ0v) is 18.3. The molecule has 0 amide bonds. The molecule has 1 unspecified atom stereocenters. The van der Waals surface area contributed by atoms with E-state index in [0.29, 0.717) is 11.7 Å². The second kappa shape index (κ2) is 17.1. The molecule has 0 fully saturated rings. The minimum absolute atomic E-state index is 0. The third-order valence-electron chi connectivity index (χ3n) is 3.82. The predicted molar refractivity (Wildman–Crippen MR) is 93.0 cm³/mol. The van der Waals surface area contributed by atoms with Crippen molar-refractivity contribution in [3.63, 3.8) is 0 Å². The Morgan fingerprint density at radius 1 is 0.818 bits per heavy atom. The first-order chi connectivity index (χ1) is 9.95. The summed E-state index contributed by atoms with van der Waals surface area (Å²) in [5.41, 5.74) is 0. The Balaban J connectivity index is 0. The van der Waals surface area contributed by atoms with Gasteiger partial charge in [0.15, 0.2) is 0 Å². The monoisotopic (exact) mass is 360 g/mol. The molecule has 1 atom stereocenters. The molecule has 0 aliphatic carbocycles. The van der Waals surface area contributed by atoms with Crippen LogP contribution in [0.25, 0.3) is 0 Å². The molecule has 0 heterocycles. The summed E-state index contributed by atoms with van der Waals surface area (Å²) in [6.45, 7) is 2.23. The Kier molecular flexibility index (Phi) is 19.8. The van der Waals surface area contributed by atoms with Gasteiger partial charge in [-0.3, -0.25) is 0 Å². The van der Waals surface area contributed by atoms with Crippen molar-refractivity contribution in [3.05, 3.63) is 0 Å². The van der Waals surface area contributed by atoms with Gasteiger partial charge in [-0.1, -0.05) is 71.1 Å². The third kappa shape index (κ3) is 21.3. The largest absolute Gasteiger partial charge is 1.00 e. The minimum atomic E-state index is -4.01. The maximum Gasteiger partial charge on any atom is 1.00 e. The molecule has 0 spiro atoms. The fourth-order valence-electron chi connectivity index (χ4n) is 2.49. The van der Waals surface area contributed by atoms with E-state index in [4.69, 9.17) is 0 Å². The van der Waals surface area contributed by atoms with E-state index in [2.05, 4.69) is 19.6 Å². The summed E-state index contributed by atoms with van der Waals surface area (Å²) in [6, 6.07) is 0. The molecule has 6 heteroatoms. The van der Waals surface area contributed by atoms with Crippen molar-refractivity contribution in [1.82, 2.24) is 0 Å². The molecular formula is C16H33NaO3S2. The Labute approximate surface area is 165 Å². The molecule has 0 saturated carbocycles. The first kappa shape index (κ1) is 25.5. The van der Waals surface area contributed by atoms with Crippen LogP contribution >= 0.6 is 12.6 Å². The molecule has 0 aromatic carbocycles. The molecule has 0 bridgehead atoms. The van der Waals surface area contributed by atoms with Crippen LogP contribution in [0.1, 0.15) is 90.4 Å². The predicted octanol–water partition coefficient (Wildman–Crippen LogP) is 1.93. The Hall–Kier alpha value is 1.26. The molecule has 3 nitrogen and oxygen atoms in total. The van der Waals surface area contributed by atoms with Crippen LogP contribution < -0.4 is 29.6 Å². The average molecular weight is 361 g/mol. The smallest absolute Gasteiger partial charge is 0.748 e. The molecule has 0 rings (SSSR count). The summed E-state index contributed by atoms with van der Waals surface area (Å²) in [5.74, 6) is -0.202. The average Bonchev–Trinajstić information content (AvgIpc) is 2.40. The zero-order chi connectivity index (χ0) is 16.0. The van der Waals surface area contributed by atoms with Crippen LogP contribution in [0.15, 0.2) is 0 Å². The van der Waals surface area contributed by atoms with Crippen LogP contribution in [-0.2, 0) is 10.1 Å². The minimum Gasteiger partial charge on any atom is -0.748 e. The Morgan fingerprint density at radius 3 is 1.68 bits per heavy atom. The van der Waals surface area contributed by atoms with Gasteiger partial charge in [-0.15, -0.1) is 0 Å². The zero-order valence-electron chi connectivity index (χ0n) is 14.6.